The van der Waals surface area contributed by atoms with Crippen LogP contribution in [-0.4, -0.2) is 56.8 Å². The van der Waals surface area contributed by atoms with Gasteiger partial charge in [-0.3, -0.25) is 9.59 Å². The summed E-state index contributed by atoms with van der Waals surface area (Å²) >= 11 is 0. The van der Waals surface area contributed by atoms with Gasteiger partial charge in [-0.25, -0.2) is 8.42 Å². The van der Waals surface area contributed by atoms with Gasteiger partial charge < -0.3 is 15.4 Å². The van der Waals surface area contributed by atoms with Gasteiger partial charge in [-0.05, 0) is 42.0 Å². The zero-order valence-electron chi connectivity index (χ0n) is 20.4. The topological polar surface area (TPSA) is 105 Å². The first-order chi connectivity index (χ1) is 17.3. The van der Waals surface area contributed by atoms with E-state index in [4.69, 9.17) is 4.74 Å². The maximum Gasteiger partial charge on any atom is 0.243 e. The summed E-state index contributed by atoms with van der Waals surface area (Å²) in [6.07, 6.45) is 1.29. The van der Waals surface area contributed by atoms with Crippen LogP contribution in [0.3, 0.4) is 0 Å². The highest BCUT2D eigenvalue weighted by Gasteiger charge is 2.32. The van der Waals surface area contributed by atoms with Crippen molar-refractivity contribution in [1.29, 1.82) is 0 Å². The molecule has 1 saturated heterocycles. The molecule has 9 heteroatoms. The number of methoxy groups -OCH3 is 1. The molecule has 0 spiro atoms. The Morgan fingerprint density at radius 2 is 1.72 bits per heavy atom. The van der Waals surface area contributed by atoms with Gasteiger partial charge in [-0.2, -0.15) is 4.31 Å². The lowest BCUT2D eigenvalue weighted by Crippen LogP contribution is -2.53. The molecule has 1 fully saturated rings. The van der Waals surface area contributed by atoms with Crippen molar-refractivity contribution in [1.82, 2.24) is 14.9 Å². The molecule has 0 unspecified atom stereocenters. The largest absolute Gasteiger partial charge is 0.497 e. The molecule has 1 aliphatic heterocycles. The zero-order valence-corrected chi connectivity index (χ0v) is 21.3. The molecule has 8 nitrogen and oxygen atoms in total. The Bertz CT molecular complexity index is 1350. The summed E-state index contributed by atoms with van der Waals surface area (Å²) < 4.78 is 33.5. The van der Waals surface area contributed by atoms with Crippen LogP contribution in [0.4, 0.5) is 0 Å². The summed E-state index contributed by atoms with van der Waals surface area (Å²) in [6.45, 7) is 1.98. The maximum atomic E-state index is 13.4. The molecule has 2 N–H and O–H groups in total. The van der Waals surface area contributed by atoms with E-state index < -0.39 is 16.1 Å². The number of hydrogen-bond acceptors (Lipinski definition) is 5. The van der Waals surface area contributed by atoms with Gasteiger partial charge in [0, 0.05) is 37.9 Å². The summed E-state index contributed by atoms with van der Waals surface area (Å²) in [4.78, 5) is 25.1. The van der Waals surface area contributed by atoms with Crippen LogP contribution in [0.5, 0.6) is 5.75 Å². The number of piperidine rings is 1. The van der Waals surface area contributed by atoms with Gasteiger partial charge in [0.1, 0.15) is 11.8 Å². The average molecular weight is 510 g/mol. The summed E-state index contributed by atoms with van der Waals surface area (Å²) in [7, 11) is -2.09. The van der Waals surface area contributed by atoms with Crippen molar-refractivity contribution in [3.8, 4) is 5.75 Å². The number of nitrogens with zero attached hydrogens (tertiary/aromatic N) is 1. The Morgan fingerprint density at radius 1 is 1.03 bits per heavy atom. The van der Waals surface area contributed by atoms with Crippen molar-refractivity contribution in [3.63, 3.8) is 0 Å². The highest BCUT2D eigenvalue weighted by molar-refractivity contribution is 7.89. The highest BCUT2D eigenvalue weighted by atomic mass is 32.2. The molecule has 190 valence electrons. The van der Waals surface area contributed by atoms with E-state index >= 15 is 0 Å². The molecule has 2 amide bonds. The number of fused-ring (bicyclic) bond motifs is 1. The van der Waals surface area contributed by atoms with E-state index in [9.17, 15) is 18.0 Å². The third-order valence-corrected chi connectivity index (χ3v) is 8.39. The second kappa shape index (κ2) is 11.1. The fraction of sp³-hybridized carbons (Fsp3) is 0.333. The van der Waals surface area contributed by atoms with Crippen molar-refractivity contribution in [3.05, 3.63) is 72.3 Å². The van der Waals surface area contributed by atoms with Crippen LogP contribution < -0.4 is 15.4 Å². The van der Waals surface area contributed by atoms with E-state index in [-0.39, 0.29) is 17.9 Å². The Balaban J connectivity index is 1.41. The lowest BCUT2D eigenvalue weighted by Gasteiger charge is -2.32. The molecule has 36 heavy (non-hydrogen) atoms. The van der Waals surface area contributed by atoms with Gasteiger partial charge in [0.2, 0.25) is 21.8 Å². The van der Waals surface area contributed by atoms with E-state index in [0.717, 1.165) is 10.9 Å². The highest BCUT2D eigenvalue weighted by Crippen LogP contribution is 2.27. The number of ether oxygens (including phenoxy) is 1. The maximum absolute atomic E-state index is 13.4. The lowest BCUT2D eigenvalue weighted by atomic mass is 10.0. The van der Waals surface area contributed by atoms with Crippen LogP contribution in [0.2, 0.25) is 0 Å². The van der Waals surface area contributed by atoms with Gasteiger partial charge in [-0.15, -0.1) is 0 Å². The second-order valence-electron chi connectivity index (χ2n) is 8.97. The number of rotatable bonds is 8. The van der Waals surface area contributed by atoms with E-state index in [1.54, 1.807) is 19.2 Å². The van der Waals surface area contributed by atoms with E-state index in [1.165, 1.54) is 11.2 Å². The van der Waals surface area contributed by atoms with Crippen molar-refractivity contribution in [2.45, 2.75) is 43.2 Å². The van der Waals surface area contributed by atoms with Gasteiger partial charge in [0.15, 0.2) is 0 Å². The predicted molar refractivity (Wildman–Crippen MR) is 138 cm³/mol. The number of carbonyl (C=O) groups excluding carboxylic acids is 2. The van der Waals surface area contributed by atoms with Crippen LogP contribution in [0.25, 0.3) is 10.8 Å². The molecule has 0 aliphatic carbocycles. The summed E-state index contributed by atoms with van der Waals surface area (Å²) in [5.74, 6) is 0.0895. The third kappa shape index (κ3) is 5.85. The van der Waals surface area contributed by atoms with Gasteiger partial charge in [0.25, 0.3) is 0 Å². The first-order valence-electron chi connectivity index (χ1n) is 12.0. The molecule has 0 bridgehead atoms. The Labute approximate surface area is 211 Å². The number of amides is 2. The van der Waals surface area contributed by atoms with Crippen LogP contribution >= 0.6 is 0 Å². The van der Waals surface area contributed by atoms with Gasteiger partial charge >= 0.3 is 0 Å². The smallest absolute Gasteiger partial charge is 0.243 e. The fourth-order valence-corrected chi connectivity index (χ4v) is 6.28. The first-order valence-corrected chi connectivity index (χ1v) is 13.4. The molecule has 1 heterocycles. The van der Waals surface area contributed by atoms with Gasteiger partial charge in [-0.1, -0.05) is 48.5 Å². The van der Waals surface area contributed by atoms with Crippen LogP contribution in [0, 0.1) is 0 Å². The lowest BCUT2D eigenvalue weighted by molar-refractivity contribution is -0.128. The zero-order chi connectivity index (χ0) is 25.7. The monoisotopic (exact) mass is 509 g/mol. The third-order valence-electron chi connectivity index (χ3n) is 6.44. The summed E-state index contributed by atoms with van der Waals surface area (Å²) in [5, 5.41) is 7.31. The standard InChI is InChI=1S/C27H31N3O5S/c1-19(31)28-25(18-20-7-5-10-23(17-20)35-2)27(32)29-22-13-15-30(16-14-22)36(33,34)26-12-6-9-21-8-3-4-11-24(21)26/h3-12,17,22,25H,13-16,18H2,1-2H3,(H,28,31)(H,29,32)/t25-/m1/s1. The van der Waals surface area contributed by atoms with Crippen molar-refractivity contribution >= 4 is 32.6 Å². The molecular weight excluding hydrogens is 478 g/mol. The molecule has 0 aromatic heterocycles. The quantitative estimate of drug-likeness (QED) is 0.486. The Hall–Kier alpha value is -3.43. The van der Waals surface area contributed by atoms with E-state index in [1.807, 2.05) is 54.6 Å². The molecule has 1 aliphatic rings. The summed E-state index contributed by atoms with van der Waals surface area (Å²) in [5.41, 5.74) is 0.860. The van der Waals surface area contributed by atoms with E-state index in [0.29, 0.717) is 48.4 Å². The molecule has 1 atom stereocenters. The Morgan fingerprint density at radius 3 is 2.44 bits per heavy atom. The number of nitrogens with one attached hydrogen (secondary N) is 2. The minimum Gasteiger partial charge on any atom is -0.497 e. The number of benzene rings is 3. The minimum absolute atomic E-state index is 0.182. The van der Waals surface area contributed by atoms with E-state index in [2.05, 4.69) is 10.6 Å². The van der Waals surface area contributed by atoms with Crippen molar-refractivity contribution in [2.24, 2.45) is 0 Å². The van der Waals surface area contributed by atoms with Crippen LogP contribution in [0.15, 0.2) is 71.6 Å². The van der Waals surface area contributed by atoms with Gasteiger partial charge in [0.05, 0.1) is 12.0 Å². The van der Waals surface area contributed by atoms with Crippen LogP contribution in [-0.2, 0) is 26.0 Å². The predicted octanol–water partition coefficient (Wildman–Crippen LogP) is 2.87. The Kier molecular flexibility index (Phi) is 7.91. The molecular formula is C27H31N3O5S. The normalized spacial score (nSPS) is 15.8. The molecule has 0 saturated carbocycles. The first kappa shape index (κ1) is 25.7. The van der Waals surface area contributed by atoms with Crippen molar-refractivity contribution in [2.75, 3.05) is 20.2 Å². The molecule has 3 aromatic carbocycles. The molecule has 0 radical (unpaired) electrons. The summed E-state index contributed by atoms with van der Waals surface area (Å²) in [6, 6.07) is 19.2. The fourth-order valence-electron chi connectivity index (χ4n) is 4.59. The van der Waals surface area contributed by atoms with Crippen LogP contribution in [0.1, 0.15) is 25.3 Å². The molecule has 4 rings (SSSR count). The minimum atomic E-state index is -3.67. The average Bonchev–Trinajstić information content (AvgIpc) is 2.88. The number of carbonyl (C=O) groups is 2. The SMILES string of the molecule is COc1cccc(C[C@@H](NC(C)=O)C(=O)NC2CCN(S(=O)(=O)c3cccc4ccccc34)CC2)c1. The number of sulfonamides is 1. The van der Waals surface area contributed by atoms with Crippen molar-refractivity contribution < 1.29 is 22.7 Å². The molecule has 3 aromatic rings. The number of hydrogen-bond donors (Lipinski definition) is 2. The second-order valence-corrected chi connectivity index (χ2v) is 10.9.